The summed E-state index contributed by atoms with van der Waals surface area (Å²) in [5.74, 6) is -0.0193. The number of rotatable bonds is 5. The Kier molecular flexibility index (Phi) is 5.49. The van der Waals surface area contributed by atoms with Crippen molar-refractivity contribution in [1.82, 2.24) is 4.90 Å². The van der Waals surface area contributed by atoms with Gasteiger partial charge < -0.3 is 5.32 Å². The van der Waals surface area contributed by atoms with Gasteiger partial charge in [-0.25, -0.2) is 0 Å². The second kappa shape index (κ2) is 7.14. The molecule has 0 heterocycles. The van der Waals surface area contributed by atoms with Gasteiger partial charge in [0.15, 0.2) is 0 Å². The maximum Gasteiger partial charge on any atom is 0.221 e. The van der Waals surface area contributed by atoms with Gasteiger partial charge in [0.05, 0.1) is 0 Å². The van der Waals surface area contributed by atoms with Crippen LogP contribution in [0.25, 0.3) is 0 Å². The molecule has 0 radical (unpaired) electrons. The number of thioether (sulfide) groups is 1. The topological polar surface area (TPSA) is 32.3 Å². The SMILES string of the molecule is CS[C@H]1CC[C@H](N(C)Cc2cccc(NC(C)=O)c2)C1. The van der Waals surface area contributed by atoms with E-state index in [2.05, 4.69) is 35.7 Å². The average molecular weight is 292 g/mol. The summed E-state index contributed by atoms with van der Waals surface area (Å²) in [4.78, 5) is 13.5. The highest BCUT2D eigenvalue weighted by atomic mass is 32.2. The van der Waals surface area contributed by atoms with Gasteiger partial charge in [-0.05, 0) is 50.3 Å². The Labute approximate surface area is 126 Å². The first-order valence-corrected chi connectivity index (χ1v) is 8.47. The average Bonchev–Trinajstić information content (AvgIpc) is 2.87. The van der Waals surface area contributed by atoms with Crippen molar-refractivity contribution in [3.05, 3.63) is 29.8 Å². The Morgan fingerprint density at radius 2 is 2.25 bits per heavy atom. The van der Waals surface area contributed by atoms with Crippen LogP contribution < -0.4 is 5.32 Å². The normalized spacial score (nSPS) is 22.2. The molecule has 20 heavy (non-hydrogen) atoms. The third-order valence-electron chi connectivity index (χ3n) is 3.99. The molecule has 1 amide bonds. The van der Waals surface area contributed by atoms with Crippen LogP contribution in [0.2, 0.25) is 0 Å². The highest BCUT2D eigenvalue weighted by Gasteiger charge is 2.26. The number of anilines is 1. The van der Waals surface area contributed by atoms with E-state index >= 15 is 0 Å². The summed E-state index contributed by atoms with van der Waals surface area (Å²) < 4.78 is 0. The summed E-state index contributed by atoms with van der Waals surface area (Å²) >= 11 is 1.99. The number of hydrogen-bond acceptors (Lipinski definition) is 3. The maximum absolute atomic E-state index is 11.1. The Morgan fingerprint density at radius 1 is 1.45 bits per heavy atom. The van der Waals surface area contributed by atoms with Crippen LogP contribution in [0.3, 0.4) is 0 Å². The summed E-state index contributed by atoms with van der Waals surface area (Å²) in [5.41, 5.74) is 2.14. The van der Waals surface area contributed by atoms with Crippen molar-refractivity contribution < 1.29 is 4.79 Å². The summed E-state index contributed by atoms with van der Waals surface area (Å²) in [5, 5.41) is 3.67. The first kappa shape index (κ1) is 15.4. The van der Waals surface area contributed by atoms with Gasteiger partial charge in [-0.15, -0.1) is 0 Å². The monoisotopic (exact) mass is 292 g/mol. The predicted octanol–water partition coefficient (Wildman–Crippen LogP) is 3.36. The van der Waals surface area contributed by atoms with Crippen molar-refractivity contribution in [2.45, 2.75) is 44.0 Å². The van der Waals surface area contributed by atoms with E-state index in [1.807, 2.05) is 23.9 Å². The second-order valence-corrected chi connectivity index (χ2v) is 6.76. The van der Waals surface area contributed by atoms with Gasteiger partial charge in [0.25, 0.3) is 0 Å². The molecule has 1 fully saturated rings. The predicted molar refractivity (Wildman–Crippen MR) is 87.2 cm³/mol. The summed E-state index contributed by atoms with van der Waals surface area (Å²) in [7, 11) is 2.21. The molecule has 0 aromatic heterocycles. The minimum absolute atomic E-state index is 0.0193. The Hall–Kier alpha value is -1.00. The smallest absolute Gasteiger partial charge is 0.221 e. The molecule has 0 spiro atoms. The third-order valence-corrected chi connectivity index (χ3v) is 5.09. The van der Waals surface area contributed by atoms with Crippen LogP contribution in [0.4, 0.5) is 5.69 Å². The number of nitrogens with zero attached hydrogens (tertiary/aromatic N) is 1. The van der Waals surface area contributed by atoms with Crippen LogP contribution in [0.15, 0.2) is 24.3 Å². The van der Waals surface area contributed by atoms with E-state index in [0.717, 1.165) is 17.5 Å². The standard InChI is InChI=1S/C16H24N2OS/c1-12(19)17-14-6-4-5-13(9-14)11-18(2)15-7-8-16(10-15)20-3/h4-6,9,15-16H,7-8,10-11H2,1-3H3,(H,17,19)/t15-,16-/m0/s1. The Balaban J connectivity index is 1.94. The van der Waals surface area contributed by atoms with Crippen molar-refractivity contribution in [2.75, 3.05) is 18.6 Å². The molecule has 0 saturated heterocycles. The van der Waals surface area contributed by atoms with Crippen LogP contribution >= 0.6 is 11.8 Å². The summed E-state index contributed by atoms with van der Waals surface area (Å²) in [6.07, 6.45) is 6.14. The molecule has 2 rings (SSSR count). The molecule has 0 unspecified atom stereocenters. The number of amides is 1. The quantitative estimate of drug-likeness (QED) is 0.903. The molecule has 3 nitrogen and oxygen atoms in total. The molecular weight excluding hydrogens is 268 g/mol. The molecule has 0 aliphatic heterocycles. The lowest BCUT2D eigenvalue weighted by molar-refractivity contribution is -0.114. The van der Waals surface area contributed by atoms with E-state index in [9.17, 15) is 4.79 Å². The molecule has 4 heteroatoms. The molecule has 0 bridgehead atoms. The molecule has 2 atom stereocenters. The molecule has 1 aliphatic rings. The Morgan fingerprint density at radius 3 is 2.90 bits per heavy atom. The zero-order valence-electron chi connectivity index (χ0n) is 12.6. The largest absolute Gasteiger partial charge is 0.326 e. The van der Waals surface area contributed by atoms with Crippen LogP contribution in [0.5, 0.6) is 0 Å². The van der Waals surface area contributed by atoms with E-state index in [-0.39, 0.29) is 5.91 Å². The van der Waals surface area contributed by atoms with Crippen molar-refractivity contribution >= 4 is 23.4 Å². The van der Waals surface area contributed by atoms with E-state index in [1.165, 1.54) is 24.8 Å². The lowest BCUT2D eigenvalue weighted by Gasteiger charge is -2.24. The van der Waals surface area contributed by atoms with Crippen molar-refractivity contribution in [2.24, 2.45) is 0 Å². The first-order chi connectivity index (χ1) is 9.58. The van der Waals surface area contributed by atoms with Crippen LogP contribution in [-0.4, -0.2) is 35.4 Å². The molecule has 1 N–H and O–H groups in total. The fourth-order valence-electron chi connectivity index (χ4n) is 2.90. The van der Waals surface area contributed by atoms with Gasteiger partial charge in [-0.3, -0.25) is 9.69 Å². The lowest BCUT2D eigenvalue weighted by atomic mass is 10.1. The first-order valence-electron chi connectivity index (χ1n) is 7.18. The molecule has 110 valence electrons. The lowest BCUT2D eigenvalue weighted by Crippen LogP contribution is -2.29. The minimum Gasteiger partial charge on any atom is -0.326 e. The summed E-state index contributed by atoms with van der Waals surface area (Å²) in [6, 6.07) is 8.83. The van der Waals surface area contributed by atoms with E-state index in [0.29, 0.717) is 6.04 Å². The molecule has 1 aromatic carbocycles. The fraction of sp³-hybridized carbons (Fsp3) is 0.562. The van der Waals surface area contributed by atoms with Gasteiger partial charge >= 0.3 is 0 Å². The van der Waals surface area contributed by atoms with Gasteiger partial charge in [-0.1, -0.05) is 12.1 Å². The van der Waals surface area contributed by atoms with Crippen LogP contribution in [0, 0.1) is 0 Å². The highest BCUT2D eigenvalue weighted by Crippen LogP contribution is 2.31. The molecule has 1 saturated carbocycles. The van der Waals surface area contributed by atoms with Crippen molar-refractivity contribution in [1.29, 1.82) is 0 Å². The number of hydrogen-bond donors (Lipinski definition) is 1. The molecule has 1 aliphatic carbocycles. The van der Waals surface area contributed by atoms with Crippen molar-refractivity contribution in [3.8, 4) is 0 Å². The maximum atomic E-state index is 11.1. The van der Waals surface area contributed by atoms with Gasteiger partial charge in [0, 0.05) is 30.4 Å². The number of carbonyl (C=O) groups excluding carboxylic acids is 1. The molecular formula is C16H24N2OS. The van der Waals surface area contributed by atoms with Gasteiger partial charge in [-0.2, -0.15) is 11.8 Å². The van der Waals surface area contributed by atoms with Crippen LogP contribution in [0.1, 0.15) is 31.7 Å². The summed E-state index contributed by atoms with van der Waals surface area (Å²) in [6.45, 7) is 2.49. The number of nitrogens with one attached hydrogen (secondary N) is 1. The minimum atomic E-state index is -0.0193. The van der Waals surface area contributed by atoms with Gasteiger partial charge in [0.2, 0.25) is 5.91 Å². The van der Waals surface area contributed by atoms with Crippen molar-refractivity contribution in [3.63, 3.8) is 0 Å². The number of carbonyl (C=O) groups is 1. The molecule has 1 aromatic rings. The zero-order valence-corrected chi connectivity index (χ0v) is 13.4. The zero-order chi connectivity index (χ0) is 14.5. The second-order valence-electron chi connectivity index (χ2n) is 5.62. The van der Waals surface area contributed by atoms with E-state index in [4.69, 9.17) is 0 Å². The van der Waals surface area contributed by atoms with E-state index in [1.54, 1.807) is 6.92 Å². The van der Waals surface area contributed by atoms with Gasteiger partial charge in [0.1, 0.15) is 0 Å². The third kappa shape index (κ3) is 4.25. The van der Waals surface area contributed by atoms with Crippen LogP contribution in [-0.2, 0) is 11.3 Å². The number of benzene rings is 1. The highest BCUT2D eigenvalue weighted by molar-refractivity contribution is 7.99. The van der Waals surface area contributed by atoms with E-state index < -0.39 is 0 Å². The fourth-order valence-corrected chi connectivity index (χ4v) is 3.69. The Bertz CT molecular complexity index is 464.